The summed E-state index contributed by atoms with van der Waals surface area (Å²) in [6.45, 7) is 9.83. The molecule has 0 saturated carbocycles. The molecule has 0 aliphatic rings. The van der Waals surface area contributed by atoms with E-state index >= 15 is 0 Å². The topological polar surface area (TPSA) is 49.4 Å². The van der Waals surface area contributed by atoms with Crippen LogP contribution in [0, 0.1) is 13.8 Å². The maximum atomic E-state index is 13.4. The van der Waals surface area contributed by atoms with Crippen LogP contribution in [-0.2, 0) is 22.6 Å². The van der Waals surface area contributed by atoms with Crippen molar-refractivity contribution in [2.45, 2.75) is 66.1 Å². The highest BCUT2D eigenvalue weighted by Crippen LogP contribution is 2.27. The lowest BCUT2D eigenvalue weighted by atomic mass is 10.0. The Morgan fingerprint density at radius 1 is 1.07 bits per heavy atom. The molecule has 162 valence electrons. The largest absolute Gasteiger partial charge is 0.352 e. The third-order valence-corrected chi connectivity index (χ3v) is 6.11. The van der Waals surface area contributed by atoms with Gasteiger partial charge in [0.1, 0.15) is 6.04 Å². The van der Waals surface area contributed by atoms with E-state index in [2.05, 4.69) is 5.32 Å². The van der Waals surface area contributed by atoms with Gasteiger partial charge in [0.2, 0.25) is 11.8 Å². The molecule has 0 aliphatic carbocycles. The van der Waals surface area contributed by atoms with Crippen molar-refractivity contribution in [3.05, 3.63) is 68.7 Å². The van der Waals surface area contributed by atoms with Gasteiger partial charge in [0.25, 0.3) is 0 Å². The van der Waals surface area contributed by atoms with Crippen LogP contribution in [0.1, 0.15) is 49.4 Å². The minimum Gasteiger partial charge on any atom is -0.352 e. The summed E-state index contributed by atoms with van der Waals surface area (Å²) in [7, 11) is 0. The van der Waals surface area contributed by atoms with Crippen LogP contribution >= 0.6 is 23.2 Å². The molecule has 0 spiro atoms. The van der Waals surface area contributed by atoms with Gasteiger partial charge in [-0.15, -0.1) is 0 Å². The lowest BCUT2D eigenvalue weighted by Crippen LogP contribution is -2.50. The molecule has 1 N–H and O–H groups in total. The molecule has 0 radical (unpaired) electrons. The average Bonchev–Trinajstić information content (AvgIpc) is 2.69. The molecule has 0 aromatic heterocycles. The van der Waals surface area contributed by atoms with Crippen LogP contribution in [-0.4, -0.2) is 28.8 Å². The fraction of sp³-hybridized carbons (Fsp3) is 0.417. The maximum absolute atomic E-state index is 13.4. The number of halogens is 2. The van der Waals surface area contributed by atoms with Crippen LogP contribution < -0.4 is 5.32 Å². The Balaban J connectivity index is 2.35. The minimum absolute atomic E-state index is 0.0276. The van der Waals surface area contributed by atoms with E-state index < -0.39 is 6.04 Å². The van der Waals surface area contributed by atoms with Crippen molar-refractivity contribution >= 4 is 35.0 Å². The van der Waals surface area contributed by atoms with Crippen molar-refractivity contribution in [1.82, 2.24) is 10.2 Å². The van der Waals surface area contributed by atoms with Gasteiger partial charge >= 0.3 is 0 Å². The third-order valence-electron chi connectivity index (χ3n) is 5.40. The number of hydrogen-bond acceptors (Lipinski definition) is 2. The van der Waals surface area contributed by atoms with Crippen LogP contribution in [0.25, 0.3) is 0 Å². The Hall–Kier alpha value is -2.04. The molecule has 0 heterocycles. The summed E-state index contributed by atoms with van der Waals surface area (Å²) in [5.41, 5.74) is 3.72. The Labute approximate surface area is 189 Å². The molecule has 0 unspecified atom stereocenters. The number of rotatable bonds is 8. The Bertz CT molecular complexity index is 894. The molecule has 2 rings (SSSR count). The molecule has 30 heavy (non-hydrogen) atoms. The zero-order valence-electron chi connectivity index (χ0n) is 18.3. The second kappa shape index (κ2) is 10.8. The first kappa shape index (κ1) is 24.2. The summed E-state index contributed by atoms with van der Waals surface area (Å²) in [5.74, 6) is -0.340. The number of carbonyl (C=O) groups excluding carboxylic acids is 2. The SMILES string of the molecule is CC[C@@H](C)NC(=O)[C@@H](C)N(Cc1c(Cl)cccc1Cl)C(=O)Cc1cc(C)ccc1C. The van der Waals surface area contributed by atoms with Crippen molar-refractivity contribution in [1.29, 1.82) is 0 Å². The number of nitrogens with zero attached hydrogens (tertiary/aromatic N) is 1. The summed E-state index contributed by atoms with van der Waals surface area (Å²) >= 11 is 12.7. The Morgan fingerprint density at radius 2 is 1.70 bits per heavy atom. The first-order valence-electron chi connectivity index (χ1n) is 10.2. The maximum Gasteiger partial charge on any atom is 0.242 e. The quantitative estimate of drug-likeness (QED) is 0.580. The molecular formula is C24H30Cl2N2O2. The van der Waals surface area contributed by atoms with E-state index in [0.717, 1.165) is 23.1 Å². The second-order valence-corrected chi connectivity index (χ2v) is 8.64. The summed E-state index contributed by atoms with van der Waals surface area (Å²) in [6.07, 6.45) is 1.02. The van der Waals surface area contributed by atoms with Gasteiger partial charge in [-0.3, -0.25) is 9.59 Å². The van der Waals surface area contributed by atoms with Gasteiger partial charge in [-0.2, -0.15) is 0 Å². The minimum atomic E-state index is -0.663. The van der Waals surface area contributed by atoms with Crippen molar-refractivity contribution in [2.75, 3.05) is 0 Å². The van der Waals surface area contributed by atoms with Gasteiger partial charge in [-0.25, -0.2) is 0 Å². The van der Waals surface area contributed by atoms with E-state index in [1.54, 1.807) is 30.0 Å². The molecule has 6 heteroatoms. The predicted octanol–water partition coefficient (Wildman–Crippen LogP) is 5.48. The second-order valence-electron chi connectivity index (χ2n) is 7.82. The lowest BCUT2D eigenvalue weighted by Gasteiger charge is -2.30. The average molecular weight is 449 g/mol. The molecule has 0 aliphatic heterocycles. The van der Waals surface area contributed by atoms with Crippen LogP contribution in [0.5, 0.6) is 0 Å². The Kier molecular flexibility index (Phi) is 8.75. The molecule has 2 amide bonds. The lowest BCUT2D eigenvalue weighted by molar-refractivity contribution is -0.140. The molecule has 2 atom stereocenters. The summed E-state index contributed by atoms with van der Waals surface area (Å²) in [5, 5.41) is 3.91. The number of hydrogen-bond donors (Lipinski definition) is 1. The van der Waals surface area contributed by atoms with Gasteiger partial charge in [0.15, 0.2) is 0 Å². The highest BCUT2D eigenvalue weighted by molar-refractivity contribution is 6.36. The van der Waals surface area contributed by atoms with Gasteiger partial charge in [-0.1, -0.05) is 60.0 Å². The summed E-state index contributed by atoms with van der Waals surface area (Å²) < 4.78 is 0. The van der Waals surface area contributed by atoms with Crippen molar-refractivity contribution in [3.8, 4) is 0 Å². The van der Waals surface area contributed by atoms with Crippen molar-refractivity contribution < 1.29 is 9.59 Å². The zero-order valence-corrected chi connectivity index (χ0v) is 19.8. The van der Waals surface area contributed by atoms with Gasteiger partial charge in [-0.05, 0) is 57.4 Å². The molecule has 4 nitrogen and oxygen atoms in total. The van der Waals surface area contributed by atoms with E-state index in [9.17, 15) is 9.59 Å². The summed E-state index contributed by atoms with van der Waals surface area (Å²) in [4.78, 5) is 27.7. The highest BCUT2D eigenvalue weighted by atomic mass is 35.5. The molecule has 0 saturated heterocycles. The van der Waals surface area contributed by atoms with Crippen molar-refractivity contribution in [3.63, 3.8) is 0 Å². The first-order chi connectivity index (χ1) is 14.1. The van der Waals surface area contributed by atoms with Crippen LogP contribution in [0.15, 0.2) is 36.4 Å². The fourth-order valence-corrected chi connectivity index (χ4v) is 3.67. The number of carbonyl (C=O) groups is 2. The van der Waals surface area contributed by atoms with Crippen molar-refractivity contribution in [2.24, 2.45) is 0 Å². The molecule has 0 fully saturated rings. The monoisotopic (exact) mass is 448 g/mol. The third kappa shape index (κ3) is 6.23. The van der Waals surface area contributed by atoms with E-state index in [1.807, 2.05) is 45.9 Å². The molecule has 2 aromatic carbocycles. The molecule has 2 aromatic rings. The molecule has 0 bridgehead atoms. The number of aryl methyl sites for hydroxylation is 2. The predicted molar refractivity (Wildman–Crippen MR) is 124 cm³/mol. The zero-order chi connectivity index (χ0) is 22.4. The molecular weight excluding hydrogens is 419 g/mol. The number of nitrogens with one attached hydrogen (secondary N) is 1. The van der Waals surface area contributed by atoms with E-state index in [1.165, 1.54) is 0 Å². The number of benzene rings is 2. The first-order valence-corrected chi connectivity index (χ1v) is 11.0. The van der Waals surface area contributed by atoms with E-state index in [-0.39, 0.29) is 30.8 Å². The van der Waals surface area contributed by atoms with Gasteiger partial charge in [0, 0.05) is 28.2 Å². The smallest absolute Gasteiger partial charge is 0.242 e. The van der Waals surface area contributed by atoms with Gasteiger partial charge < -0.3 is 10.2 Å². The number of amides is 2. The van der Waals surface area contributed by atoms with E-state index in [0.29, 0.717) is 15.6 Å². The summed E-state index contributed by atoms with van der Waals surface area (Å²) in [6, 6.07) is 10.6. The van der Waals surface area contributed by atoms with Crippen LogP contribution in [0.2, 0.25) is 10.0 Å². The Morgan fingerprint density at radius 3 is 2.30 bits per heavy atom. The van der Waals surface area contributed by atoms with Gasteiger partial charge in [0.05, 0.1) is 6.42 Å². The fourth-order valence-electron chi connectivity index (χ4n) is 3.16. The normalized spacial score (nSPS) is 12.9. The van der Waals surface area contributed by atoms with Crippen LogP contribution in [0.3, 0.4) is 0 Å². The highest BCUT2D eigenvalue weighted by Gasteiger charge is 2.28. The standard InChI is InChI=1S/C24H30Cl2N2O2/c1-6-17(4)27-24(30)18(5)28(14-20-21(25)8-7-9-22(20)26)23(29)13-19-12-15(2)10-11-16(19)3/h7-12,17-18H,6,13-14H2,1-5H3,(H,27,30)/t17-,18-/m1/s1. The van der Waals surface area contributed by atoms with Crippen LogP contribution in [0.4, 0.5) is 0 Å². The van der Waals surface area contributed by atoms with E-state index in [4.69, 9.17) is 23.2 Å².